The van der Waals surface area contributed by atoms with Gasteiger partial charge in [0, 0.05) is 36.1 Å². The quantitative estimate of drug-likeness (QED) is 0.718. The number of rotatable bonds is 5. The number of hydrogen-bond donors (Lipinski definition) is 1. The minimum atomic E-state index is -0.101. The molecule has 4 rings (SSSR count). The van der Waals surface area contributed by atoms with Gasteiger partial charge in [-0.05, 0) is 56.9 Å². The van der Waals surface area contributed by atoms with E-state index in [0.29, 0.717) is 17.3 Å². The normalized spacial score (nSPS) is 14.8. The predicted molar refractivity (Wildman–Crippen MR) is 114 cm³/mol. The summed E-state index contributed by atoms with van der Waals surface area (Å²) < 4.78 is 5.91. The number of benzene rings is 1. The van der Waals surface area contributed by atoms with Crippen LogP contribution < -0.4 is 15.2 Å². The number of anilines is 1. The van der Waals surface area contributed by atoms with Crippen molar-refractivity contribution in [3.05, 3.63) is 70.3 Å². The highest BCUT2D eigenvalue weighted by Gasteiger charge is 2.21. The van der Waals surface area contributed by atoms with E-state index in [1.165, 1.54) is 0 Å². The first-order valence-corrected chi connectivity index (χ1v) is 10.1. The number of pyridine rings is 1. The highest BCUT2D eigenvalue weighted by molar-refractivity contribution is 5.56. The van der Waals surface area contributed by atoms with Crippen molar-refractivity contribution in [2.75, 3.05) is 24.6 Å². The third kappa shape index (κ3) is 4.47. The Hall–Kier alpha value is -3.15. The molecule has 0 atom stereocenters. The fraction of sp³-hybridized carbons (Fsp3) is 0.348. The topological polar surface area (TPSA) is 71.1 Å². The maximum absolute atomic E-state index is 12.0. The van der Waals surface area contributed by atoms with E-state index in [1.54, 1.807) is 13.1 Å². The Kier molecular flexibility index (Phi) is 5.60. The van der Waals surface area contributed by atoms with Crippen LogP contribution in [0.2, 0.25) is 0 Å². The second-order valence-corrected chi connectivity index (χ2v) is 7.58. The monoisotopic (exact) mass is 390 g/mol. The van der Waals surface area contributed by atoms with Gasteiger partial charge in [-0.1, -0.05) is 18.2 Å². The zero-order valence-corrected chi connectivity index (χ0v) is 16.9. The predicted octanol–water partition coefficient (Wildman–Crippen LogP) is 3.74. The zero-order valence-electron chi connectivity index (χ0n) is 16.9. The lowest BCUT2D eigenvalue weighted by Gasteiger charge is -2.32. The molecular formula is C23H26N4O2. The molecule has 0 unspecified atom stereocenters. The molecule has 2 aromatic heterocycles. The molecule has 0 saturated carbocycles. The minimum absolute atomic E-state index is 0.101. The Morgan fingerprint density at radius 1 is 1.10 bits per heavy atom. The van der Waals surface area contributed by atoms with E-state index in [1.807, 2.05) is 49.4 Å². The Morgan fingerprint density at radius 3 is 2.52 bits per heavy atom. The first-order chi connectivity index (χ1) is 14.1. The van der Waals surface area contributed by atoms with Crippen LogP contribution in [-0.4, -0.2) is 34.6 Å². The molecular weight excluding hydrogens is 364 g/mol. The standard InChI is InChI=1S/C23H26N4O2/c1-16-17(2)25-22(26-23(16)28)19-8-9-21(24-14-19)27-12-10-18(11-13-27)15-29-20-6-4-3-5-7-20/h3-9,14,18H,10-13,15H2,1-2H3,(H,25,26,28). The first kappa shape index (κ1) is 19.2. The third-order valence-electron chi connectivity index (χ3n) is 5.58. The van der Waals surface area contributed by atoms with Crippen molar-refractivity contribution < 1.29 is 4.74 Å². The molecule has 0 amide bonds. The summed E-state index contributed by atoms with van der Waals surface area (Å²) in [5, 5.41) is 0. The molecule has 1 fully saturated rings. The Balaban J connectivity index is 1.35. The number of ether oxygens (including phenoxy) is 1. The van der Waals surface area contributed by atoms with Gasteiger partial charge in [0.15, 0.2) is 0 Å². The average molecular weight is 390 g/mol. The van der Waals surface area contributed by atoms with E-state index in [2.05, 4.69) is 19.9 Å². The van der Waals surface area contributed by atoms with Gasteiger partial charge in [-0.25, -0.2) is 9.97 Å². The van der Waals surface area contributed by atoms with Crippen LogP contribution in [0, 0.1) is 19.8 Å². The summed E-state index contributed by atoms with van der Waals surface area (Å²) in [6.07, 6.45) is 3.96. The molecule has 6 heteroatoms. The Labute approximate surface area is 170 Å². The van der Waals surface area contributed by atoms with E-state index in [9.17, 15) is 4.79 Å². The van der Waals surface area contributed by atoms with Crippen molar-refractivity contribution in [1.82, 2.24) is 15.0 Å². The van der Waals surface area contributed by atoms with Crippen molar-refractivity contribution >= 4 is 5.82 Å². The molecule has 3 aromatic rings. The van der Waals surface area contributed by atoms with Gasteiger partial charge in [-0.15, -0.1) is 0 Å². The van der Waals surface area contributed by atoms with Gasteiger partial charge < -0.3 is 14.6 Å². The van der Waals surface area contributed by atoms with Crippen LogP contribution >= 0.6 is 0 Å². The molecule has 0 spiro atoms. The van der Waals surface area contributed by atoms with Crippen molar-refractivity contribution in [3.8, 4) is 17.1 Å². The van der Waals surface area contributed by atoms with Crippen LogP contribution in [-0.2, 0) is 0 Å². The van der Waals surface area contributed by atoms with Gasteiger partial charge in [0.05, 0.1) is 6.61 Å². The van der Waals surface area contributed by atoms with Crippen LogP contribution in [0.3, 0.4) is 0 Å². The van der Waals surface area contributed by atoms with Crippen LogP contribution in [0.1, 0.15) is 24.1 Å². The molecule has 1 aliphatic heterocycles. The lowest BCUT2D eigenvalue weighted by atomic mass is 9.98. The summed E-state index contributed by atoms with van der Waals surface area (Å²) >= 11 is 0. The highest BCUT2D eigenvalue weighted by Crippen LogP contribution is 2.24. The summed E-state index contributed by atoms with van der Waals surface area (Å²) in [6.45, 7) is 6.32. The zero-order chi connectivity index (χ0) is 20.2. The van der Waals surface area contributed by atoms with Crippen LogP contribution in [0.5, 0.6) is 5.75 Å². The van der Waals surface area contributed by atoms with E-state index in [0.717, 1.165) is 55.4 Å². The number of aromatic nitrogens is 3. The van der Waals surface area contributed by atoms with Crippen molar-refractivity contribution in [3.63, 3.8) is 0 Å². The third-order valence-corrected chi connectivity index (χ3v) is 5.58. The van der Waals surface area contributed by atoms with E-state index >= 15 is 0 Å². The van der Waals surface area contributed by atoms with Crippen molar-refractivity contribution in [1.29, 1.82) is 0 Å². The second-order valence-electron chi connectivity index (χ2n) is 7.58. The molecule has 150 valence electrons. The van der Waals surface area contributed by atoms with Gasteiger partial charge in [-0.2, -0.15) is 0 Å². The lowest BCUT2D eigenvalue weighted by Crippen LogP contribution is -2.36. The SMILES string of the molecule is Cc1nc(-c2ccc(N3CCC(COc4ccccc4)CC3)nc2)[nH]c(=O)c1C. The summed E-state index contributed by atoms with van der Waals surface area (Å²) in [4.78, 5) is 26.2. The molecule has 0 radical (unpaired) electrons. The maximum atomic E-state index is 12.0. The number of piperidine rings is 1. The Bertz CT molecular complexity index is 1010. The van der Waals surface area contributed by atoms with E-state index < -0.39 is 0 Å². The summed E-state index contributed by atoms with van der Waals surface area (Å²) in [5.41, 5.74) is 2.11. The maximum Gasteiger partial charge on any atom is 0.254 e. The van der Waals surface area contributed by atoms with Crippen LogP contribution in [0.15, 0.2) is 53.5 Å². The average Bonchev–Trinajstić information content (AvgIpc) is 2.77. The van der Waals surface area contributed by atoms with E-state index in [-0.39, 0.29) is 5.56 Å². The second kappa shape index (κ2) is 8.47. The van der Waals surface area contributed by atoms with Crippen molar-refractivity contribution in [2.45, 2.75) is 26.7 Å². The largest absolute Gasteiger partial charge is 0.493 e. The number of nitrogens with zero attached hydrogens (tertiary/aromatic N) is 3. The number of aromatic amines is 1. The molecule has 1 N–H and O–H groups in total. The molecule has 3 heterocycles. The van der Waals surface area contributed by atoms with E-state index in [4.69, 9.17) is 4.74 Å². The number of nitrogens with one attached hydrogen (secondary N) is 1. The fourth-order valence-electron chi connectivity index (χ4n) is 3.55. The fourth-order valence-corrected chi connectivity index (χ4v) is 3.55. The highest BCUT2D eigenvalue weighted by atomic mass is 16.5. The van der Waals surface area contributed by atoms with Gasteiger partial charge in [0.25, 0.3) is 5.56 Å². The molecule has 1 saturated heterocycles. The molecule has 1 aliphatic rings. The summed E-state index contributed by atoms with van der Waals surface area (Å²) in [7, 11) is 0. The van der Waals surface area contributed by atoms with Gasteiger partial charge in [0.2, 0.25) is 0 Å². The van der Waals surface area contributed by atoms with Gasteiger partial charge in [-0.3, -0.25) is 4.79 Å². The number of H-pyrrole nitrogens is 1. The summed E-state index contributed by atoms with van der Waals surface area (Å²) in [5.74, 6) is 3.02. The number of hydrogen-bond acceptors (Lipinski definition) is 5. The summed E-state index contributed by atoms with van der Waals surface area (Å²) in [6, 6.07) is 14.0. The van der Waals surface area contributed by atoms with Crippen molar-refractivity contribution in [2.24, 2.45) is 5.92 Å². The minimum Gasteiger partial charge on any atom is -0.493 e. The number of para-hydroxylation sites is 1. The Morgan fingerprint density at radius 2 is 1.86 bits per heavy atom. The molecule has 0 bridgehead atoms. The molecule has 0 aliphatic carbocycles. The number of aryl methyl sites for hydroxylation is 1. The molecule has 29 heavy (non-hydrogen) atoms. The molecule has 1 aromatic carbocycles. The van der Waals surface area contributed by atoms with Gasteiger partial charge in [0.1, 0.15) is 17.4 Å². The van der Waals surface area contributed by atoms with Gasteiger partial charge >= 0.3 is 0 Å². The smallest absolute Gasteiger partial charge is 0.254 e. The first-order valence-electron chi connectivity index (χ1n) is 10.1. The molecule has 6 nitrogen and oxygen atoms in total. The van der Waals surface area contributed by atoms with Crippen LogP contribution in [0.4, 0.5) is 5.82 Å². The lowest BCUT2D eigenvalue weighted by molar-refractivity contribution is 0.222. The van der Waals surface area contributed by atoms with Crippen LogP contribution in [0.25, 0.3) is 11.4 Å².